The third kappa shape index (κ3) is 83.0. The summed E-state index contributed by atoms with van der Waals surface area (Å²) in [6.07, 6.45) is 114. The molecule has 0 aromatic heterocycles. The first-order chi connectivity index (χ1) is 48.5. The molecule has 0 amide bonds. The number of quaternary nitrogens is 1. The number of carbonyl (C=O) groups is 2. The van der Waals surface area contributed by atoms with E-state index in [1.807, 2.05) is 21.1 Å². The fourth-order valence-electron chi connectivity index (χ4n) is 11.7. The largest absolute Gasteiger partial charge is 0.756 e. The second-order valence-corrected chi connectivity index (χ2v) is 30.2. The Bertz CT molecular complexity index is 2140. The lowest BCUT2D eigenvalue weighted by molar-refractivity contribution is -0.870. The van der Waals surface area contributed by atoms with Crippen LogP contribution < -0.4 is 4.89 Å². The Hall–Kier alpha value is -3.85. The van der Waals surface area contributed by atoms with Gasteiger partial charge in [0.2, 0.25) is 0 Å². The van der Waals surface area contributed by atoms with Crippen molar-refractivity contribution in [1.29, 1.82) is 0 Å². The summed E-state index contributed by atoms with van der Waals surface area (Å²) in [5, 5.41) is 0. The first-order valence-electron chi connectivity index (χ1n) is 41.4. The van der Waals surface area contributed by atoms with E-state index in [4.69, 9.17) is 18.5 Å². The van der Waals surface area contributed by atoms with E-state index < -0.39 is 26.5 Å². The predicted molar refractivity (Wildman–Crippen MR) is 429 cm³/mol. The number of phosphoric acid groups is 1. The van der Waals surface area contributed by atoms with Crippen molar-refractivity contribution in [3.05, 3.63) is 134 Å². The number of hydrogen-bond donors (Lipinski definition) is 0. The molecule has 0 N–H and O–H groups in total. The minimum absolute atomic E-state index is 0.0374. The Labute approximate surface area is 612 Å². The number of rotatable bonds is 76. The molecule has 99 heavy (non-hydrogen) atoms. The van der Waals surface area contributed by atoms with E-state index in [0.29, 0.717) is 17.4 Å². The van der Waals surface area contributed by atoms with Crippen LogP contribution in [0.15, 0.2) is 134 Å². The van der Waals surface area contributed by atoms with E-state index in [2.05, 4.69) is 148 Å². The van der Waals surface area contributed by atoms with Gasteiger partial charge in [0.1, 0.15) is 19.8 Å². The lowest BCUT2D eigenvalue weighted by Crippen LogP contribution is -2.37. The van der Waals surface area contributed by atoms with E-state index in [-0.39, 0.29) is 32.0 Å². The van der Waals surface area contributed by atoms with Gasteiger partial charge in [-0.15, -0.1) is 0 Å². The molecule has 0 aliphatic rings. The Morgan fingerprint density at radius 1 is 0.323 bits per heavy atom. The van der Waals surface area contributed by atoms with E-state index in [1.165, 1.54) is 212 Å². The van der Waals surface area contributed by atoms with Crippen LogP contribution in [0.2, 0.25) is 0 Å². The van der Waals surface area contributed by atoms with Crippen LogP contribution in [0.25, 0.3) is 0 Å². The summed E-state index contributed by atoms with van der Waals surface area (Å²) in [5.74, 6) is -0.839. The molecule has 0 radical (unpaired) electrons. The van der Waals surface area contributed by atoms with Gasteiger partial charge >= 0.3 is 11.9 Å². The number of phosphoric ester groups is 1. The van der Waals surface area contributed by atoms with Gasteiger partial charge in [-0.2, -0.15) is 0 Å². The lowest BCUT2D eigenvalue weighted by Gasteiger charge is -2.28. The third-order valence-corrected chi connectivity index (χ3v) is 18.9. The van der Waals surface area contributed by atoms with Crippen LogP contribution in [-0.4, -0.2) is 70.0 Å². The van der Waals surface area contributed by atoms with E-state index in [0.717, 1.165) is 122 Å². The summed E-state index contributed by atoms with van der Waals surface area (Å²) in [5.41, 5.74) is 0. The molecule has 10 heteroatoms. The molecular formula is C89H156NO8P. The lowest BCUT2D eigenvalue weighted by atomic mass is 10.0. The van der Waals surface area contributed by atoms with Crippen molar-refractivity contribution in [2.45, 2.75) is 373 Å². The molecule has 9 nitrogen and oxygen atoms in total. The van der Waals surface area contributed by atoms with Gasteiger partial charge in [-0.25, -0.2) is 0 Å². The predicted octanol–water partition coefficient (Wildman–Crippen LogP) is 27.3. The highest BCUT2D eigenvalue weighted by Crippen LogP contribution is 2.38. The maximum absolute atomic E-state index is 12.9. The highest BCUT2D eigenvalue weighted by atomic mass is 31.2. The topological polar surface area (TPSA) is 111 Å². The van der Waals surface area contributed by atoms with Crippen LogP contribution in [0, 0.1) is 0 Å². The molecule has 0 spiro atoms. The molecular weight excluding hydrogens is 1240 g/mol. The van der Waals surface area contributed by atoms with Crippen molar-refractivity contribution < 1.29 is 42.1 Å². The molecule has 0 aromatic rings. The van der Waals surface area contributed by atoms with Gasteiger partial charge in [-0.3, -0.25) is 14.2 Å². The molecule has 570 valence electrons. The molecule has 0 fully saturated rings. The van der Waals surface area contributed by atoms with Crippen molar-refractivity contribution >= 4 is 19.8 Å². The van der Waals surface area contributed by atoms with E-state index >= 15 is 0 Å². The number of ether oxygens (including phenoxy) is 2. The molecule has 0 saturated heterocycles. The van der Waals surface area contributed by atoms with E-state index in [1.54, 1.807) is 0 Å². The standard InChI is InChI=1S/C89H156NO8P/c1-6-8-10-12-14-16-18-20-22-24-26-28-30-32-34-36-38-40-42-43-44-45-46-47-48-50-52-54-56-58-60-62-64-66-68-70-72-74-76-78-80-82-89(92)98-87(86-97-99(93,94)96-84-83-90(3,4)5)85-95-88(91)81-79-77-75-73-71-69-67-65-63-61-59-57-55-53-51-49-41-39-37-35-33-31-29-27-25-23-21-19-17-15-13-11-9-7-2/h8,10,14,16,20,22,26,28,32,34,38,40,43-44,46-47,50,52,56,58,62,64,87H,6-7,9,11-13,15,17-19,21,23-25,27,29-31,33,35-37,39,41-42,45,48-49,51,53-55,57,59-61,63,65-86H2,1-5H3/b10-8-,16-14-,22-20-,28-26-,34-32-,40-38-,44-43-,47-46-,52-50-,58-56-,64-62-. The first-order valence-corrected chi connectivity index (χ1v) is 42.9. The smallest absolute Gasteiger partial charge is 0.306 e. The second kappa shape index (κ2) is 78.3. The van der Waals surface area contributed by atoms with Crippen molar-refractivity contribution in [3.63, 3.8) is 0 Å². The quantitative estimate of drug-likeness (QED) is 0.0195. The Kier molecular flexibility index (Phi) is 75.2. The fraction of sp³-hybridized carbons (Fsp3) is 0.730. The number of unbranched alkanes of at least 4 members (excludes halogenated alkanes) is 40. The summed E-state index contributed by atoms with van der Waals surface area (Å²) in [6.45, 7) is 4.15. The number of allylic oxidation sites excluding steroid dienone is 22. The van der Waals surface area contributed by atoms with Crippen LogP contribution >= 0.6 is 7.82 Å². The van der Waals surface area contributed by atoms with Crippen LogP contribution in [0.4, 0.5) is 0 Å². The van der Waals surface area contributed by atoms with Crippen molar-refractivity contribution in [1.82, 2.24) is 0 Å². The van der Waals surface area contributed by atoms with E-state index in [9.17, 15) is 19.0 Å². The zero-order chi connectivity index (χ0) is 71.8. The molecule has 0 aromatic carbocycles. The summed E-state index contributed by atoms with van der Waals surface area (Å²) >= 11 is 0. The number of hydrogen-bond acceptors (Lipinski definition) is 8. The number of carbonyl (C=O) groups excluding carboxylic acids is 2. The molecule has 0 saturated carbocycles. The molecule has 0 bridgehead atoms. The normalized spacial score (nSPS) is 13.7. The molecule has 2 unspecified atom stereocenters. The zero-order valence-corrected chi connectivity index (χ0v) is 66.1. The average molecular weight is 1400 g/mol. The van der Waals surface area contributed by atoms with Crippen molar-refractivity contribution in [2.75, 3.05) is 47.5 Å². The minimum Gasteiger partial charge on any atom is -0.756 e. The van der Waals surface area contributed by atoms with Crippen LogP contribution in [0.5, 0.6) is 0 Å². The summed E-state index contributed by atoms with van der Waals surface area (Å²) < 4.78 is 34.4. The van der Waals surface area contributed by atoms with Gasteiger partial charge in [-0.1, -0.05) is 392 Å². The maximum atomic E-state index is 12.9. The number of nitrogens with zero attached hydrogens (tertiary/aromatic N) is 1. The van der Waals surface area contributed by atoms with Crippen molar-refractivity contribution in [2.24, 2.45) is 0 Å². The summed E-state index contributed by atoms with van der Waals surface area (Å²) in [4.78, 5) is 38.2. The van der Waals surface area contributed by atoms with Crippen molar-refractivity contribution in [3.8, 4) is 0 Å². The average Bonchev–Trinajstić information content (AvgIpc) is 0.987. The van der Waals surface area contributed by atoms with Gasteiger partial charge in [0.25, 0.3) is 7.82 Å². The summed E-state index contributed by atoms with van der Waals surface area (Å²) in [7, 11) is 1.16. The minimum atomic E-state index is -4.66. The fourth-order valence-corrected chi connectivity index (χ4v) is 12.4. The number of esters is 2. The van der Waals surface area contributed by atoms with Gasteiger partial charge < -0.3 is 27.9 Å². The highest BCUT2D eigenvalue weighted by molar-refractivity contribution is 7.45. The molecule has 0 heterocycles. The van der Waals surface area contributed by atoms with Gasteiger partial charge in [0, 0.05) is 12.8 Å². The monoisotopic (exact) mass is 1400 g/mol. The van der Waals surface area contributed by atoms with Crippen LogP contribution in [0.1, 0.15) is 367 Å². The molecule has 0 rings (SSSR count). The summed E-state index contributed by atoms with van der Waals surface area (Å²) in [6, 6.07) is 0. The Balaban J connectivity index is 4.02. The zero-order valence-electron chi connectivity index (χ0n) is 65.2. The highest BCUT2D eigenvalue weighted by Gasteiger charge is 2.22. The van der Waals surface area contributed by atoms with Gasteiger partial charge in [0.15, 0.2) is 6.10 Å². The molecule has 0 aliphatic carbocycles. The molecule has 0 aliphatic heterocycles. The Morgan fingerprint density at radius 2 is 0.576 bits per heavy atom. The van der Waals surface area contributed by atoms with Gasteiger partial charge in [0.05, 0.1) is 27.7 Å². The maximum Gasteiger partial charge on any atom is 0.306 e. The van der Waals surface area contributed by atoms with Crippen LogP contribution in [0.3, 0.4) is 0 Å². The Morgan fingerprint density at radius 3 is 0.859 bits per heavy atom. The number of likely N-dealkylation sites (N-methyl/N-ethyl adjacent to an activating group) is 1. The van der Waals surface area contributed by atoms with Gasteiger partial charge in [-0.05, 0) is 96.3 Å². The SMILES string of the molecule is CC/C=C\C/C=C\C/C=C\C/C=C\C/C=C\C/C=C\C/C=C\C/C=C\C/C=C\C/C=C\C/C=C\CCCCCCCCCC(=O)OC(COC(=O)CCCCCCCCCCCCCCCCCCCCCCCCCCCCCCCCCCCC)COP(=O)([O-])OCC[N+](C)(C)C. The second-order valence-electron chi connectivity index (χ2n) is 28.8. The third-order valence-electron chi connectivity index (χ3n) is 17.9. The first kappa shape index (κ1) is 95.2. The molecule has 2 atom stereocenters. The van der Waals surface area contributed by atoms with Crippen LogP contribution in [-0.2, 0) is 32.7 Å².